The van der Waals surface area contributed by atoms with Crippen LogP contribution in [0.5, 0.6) is 0 Å². The summed E-state index contributed by atoms with van der Waals surface area (Å²) in [5.41, 5.74) is 7.63. The van der Waals surface area contributed by atoms with Gasteiger partial charge in [-0.1, -0.05) is 19.9 Å². The van der Waals surface area contributed by atoms with Crippen LogP contribution in [-0.2, 0) is 11.8 Å². The van der Waals surface area contributed by atoms with Crippen molar-refractivity contribution in [2.24, 2.45) is 13.0 Å². The first-order valence-corrected chi connectivity index (χ1v) is 7.42. The number of carbonyl (C=O) groups is 1. The van der Waals surface area contributed by atoms with Crippen LogP contribution < -0.4 is 11.1 Å². The van der Waals surface area contributed by atoms with Gasteiger partial charge in [0.25, 0.3) is 0 Å². The highest BCUT2D eigenvalue weighted by atomic mass is 19.1. The van der Waals surface area contributed by atoms with Crippen LogP contribution in [0.2, 0.25) is 0 Å². The fraction of sp³-hybridized carbons (Fsp3) is 0.250. The van der Waals surface area contributed by atoms with E-state index in [0.717, 1.165) is 0 Å². The number of nitrogens with one attached hydrogen (secondary N) is 1. The van der Waals surface area contributed by atoms with Gasteiger partial charge in [-0.2, -0.15) is 5.10 Å². The molecule has 3 aromatic rings. The summed E-state index contributed by atoms with van der Waals surface area (Å²) < 4.78 is 15.9. The lowest BCUT2D eigenvalue weighted by molar-refractivity contribution is -0.118. The lowest BCUT2D eigenvalue weighted by atomic mass is 10.1. The molecule has 0 bridgehead atoms. The molecule has 3 N–H and O–H groups in total. The molecule has 0 aliphatic heterocycles. The molecule has 3 rings (SSSR count). The molecule has 2 aromatic heterocycles. The number of nitrogens with two attached hydrogens (primary N) is 1. The second-order valence-electron chi connectivity index (χ2n) is 5.77. The molecule has 0 fully saturated rings. The Morgan fingerprint density at radius 2 is 2.08 bits per heavy atom. The smallest absolute Gasteiger partial charge is 0.227 e. The molecular formula is C16H17FN6O. The van der Waals surface area contributed by atoms with Crippen molar-refractivity contribution in [3.05, 3.63) is 30.3 Å². The average molecular weight is 328 g/mol. The maximum atomic E-state index is 14.4. The number of carbonyl (C=O) groups excluding carboxylic acids is 1. The first-order chi connectivity index (χ1) is 11.4. The number of amides is 1. The molecule has 1 aromatic carbocycles. The van der Waals surface area contributed by atoms with Crippen molar-refractivity contribution < 1.29 is 9.18 Å². The summed E-state index contributed by atoms with van der Waals surface area (Å²) in [5, 5.41) is 7.48. The zero-order valence-electron chi connectivity index (χ0n) is 13.5. The van der Waals surface area contributed by atoms with Gasteiger partial charge in [-0.15, -0.1) is 0 Å². The molecule has 24 heavy (non-hydrogen) atoms. The predicted molar refractivity (Wildman–Crippen MR) is 89.6 cm³/mol. The number of rotatable bonds is 3. The first-order valence-electron chi connectivity index (χ1n) is 7.42. The van der Waals surface area contributed by atoms with Crippen LogP contribution in [0.1, 0.15) is 13.8 Å². The highest BCUT2D eigenvalue weighted by Gasteiger charge is 2.17. The Labute approximate surface area is 137 Å². The summed E-state index contributed by atoms with van der Waals surface area (Å²) in [6, 6.07) is 4.49. The van der Waals surface area contributed by atoms with Crippen molar-refractivity contribution in [2.45, 2.75) is 13.8 Å². The van der Waals surface area contributed by atoms with Crippen LogP contribution in [0.15, 0.2) is 24.5 Å². The molecule has 0 saturated heterocycles. The average Bonchev–Trinajstić information content (AvgIpc) is 2.88. The Kier molecular flexibility index (Phi) is 3.88. The molecule has 8 heteroatoms. The van der Waals surface area contributed by atoms with Gasteiger partial charge in [0.15, 0.2) is 5.65 Å². The fourth-order valence-electron chi connectivity index (χ4n) is 2.35. The van der Waals surface area contributed by atoms with Crippen molar-refractivity contribution >= 4 is 28.4 Å². The minimum absolute atomic E-state index is 0.127. The number of aryl methyl sites for hydroxylation is 1. The molecule has 0 atom stereocenters. The molecule has 7 nitrogen and oxygen atoms in total. The van der Waals surface area contributed by atoms with E-state index < -0.39 is 5.82 Å². The van der Waals surface area contributed by atoms with Crippen LogP contribution in [0.25, 0.3) is 22.3 Å². The normalized spacial score (nSPS) is 11.2. The Hall–Kier alpha value is -3.03. The van der Waals surface area contributed by atoms with E-state index in [2.05, 4.69) is 20.4 Å². The van der Waals surface area contributed by atoms with Crippen LogP contribution >= 0.6 is 0 Å². The monoisotopic (exact) mass is 328 g/mol. The number of halogens is 1. The van der Waals surface area contributed by atoms with Gasteiger partial charge in [0.2, 0.25) is 5.91 Å². The lowest BCUT2D eigenvalue weighted by Crippen LogP contribution is -2.18. The van der Waals surface area contributed by atoms with Gasteiger partial charge in [-0.3, -0.25) is 4.79 Å². The van der Waals surface area contributed by atoms with Crippen molar-refractivity contribution in [1.29, 1.82) is 0 Å². The highest BCUT2D eigenvalue weighted by Crippen LogP contribution is 2.31. The van der Waals surface area contributed by atoms with Gasteiger partial charge in [0.1, 0.15) is 23.7 Å². The summed E-state index contributed by atoms with van der Waals surface area (Å²) in [6.45, 7) is 3.48. The molecule has 124 valence electrons. The third-order valence-corrected chi connectivity index (χ3v) is 3.67. The Morgan fingerprint density at radius 1 is 1.33 bits per heavy atom. The van der Waals surface area contributed by atoms with Crippen molar-refractivity contribution in [1.82, 2.24) is 19.7 Å². The molecule has 0 spiro atoms. The molecule has 1 amide bonds. The van der Waals surface area contributed by atoms with E-state index in [1.165, 1.54) is 18.5 Å². The standard InChI is InChI=1S/C16H17FN6O/c1-8(2)16(24)21-11-5-4-9(6-10(11)17)13-12-14(18)19-7-20-15(12)23(3)22-13/h4-8H,1-3H3,(H,21,24)(H2,18,19,20). The maximum Gasteiger partial charge on any atom is 0.227 e. The van der Waals surface area contributed by atoms with Crippen LogP contribution in [0.3, 0.4) is 0 Å². The molecular weight excluding hydrogens is 311 g/mol. The molecule has 0 radical (unpaired) electrons. The Bertz CT molecular complexity index is 934. The largest absolute Gasteiger partial charge is 0.383 e. The second-order valence-corrected chi connectivity index (χ2v) is 5.77. The minimum atomic E-state index is -0.546. The predicted octanol–water partition coefficient (Wildman–Crippen LogP) is 2.35. The molecule has 0 aliphatic carbocycles. The van der Waals surface area contributed by atoms with Gasteiger partial charge in [0.05, 0.1) is 11.1 Å². The molecule has 2 heterocycles. The quantitative estimate of drug-likeness (QED) is 0.769. The van der Waals surface area contributed by atoms with Crippen LogP contribution in [0.4, 0.5) is 15.9 Å². The van der Waals surface area contributed by atoms with E-state index in [0.29, 0.717) is 22.3 Å². The third kappa shape index (κ3) is 2.66. The number of fused-ring (bicyclic) bond motifs is 1. The van der Waals surface area contributed by atoms with Gasteiger partial charge in [-0.25, -0.2) is 19.0 Å². The summed E-state index contributed by atoms with van der Waals surface area (Å²) in [7, 11) is 1.73. The number of hydrogen-bond donors (Lipinski definition) is 2. The number of nitrogens with zero attached hydrogens (tertiary/aromatic N) is 4. The summed E-state index contributed by atoms with van der Waals surface area (Å²) in [5.74, 6) is -0.750. The summed E-state index contributed by atoms with van der Waals surface area (Å²) >= 11 is 0. The summed E-state index contributed by atoms with van der Waals surface area (Å²) in [4.78, 5) is 19.8. The minimum Gasteiger partial charge on any atom is -0.383 e. The Balaban J connectivity index is 2.06. The maximum absolute atomic E-state index is 14.4. The van der Waals surface area contributed by atoms with E-state index in [9.17, 15) is 9.18 Å². The lowest BCUT2D eigenvalue weighted by Gasteiger charge is -2.09. The SMILES string of the molecule is CC(C)C(=O)Nc1ccc(-c2nn(C)c3ncnc(N)c23)cc1F. The number of aromatic nitrogens is 4. The third-order valence-electron chi connectivity index (χ3n) is 3.67. The summed E-state index contributed by atoms with van der Waals surface area (Å²) in [6.07, 6.45) is 1.36. The topological polar surface area (TPSA) is 98.7 Å². The van der Waals surface area contributed by atoms with E-state index in [1.807, 2.05) is 0 Å². The Morgan fingerprint density at radius 3 is 2.75 bits per heavy atom. The van der Waals surface area contributed by atoms with Crippen molar-refractivity contribution in [3.8, 4) is 11.3 Å². The van der Waals surface area contributed by atoms with Crippen molar-refractivity contribution in [3.63, 3.8) is 0 Å². The second kappa shape index (κ2) is 5.88. The molecule has 0 saturated carbocycles. The number of benzene rings is 1. The van der Waals surface area contributed by atoms with Gasteiger partial charge in [0, 0.05) is 18.5 Å². The zero-order chi connectivity index (χ0) is 17.4. The van der Waals surface area contributed by atoms with E-state index in [-0.39, 0.29) is 23.3 Å². The van der Waals surface area contributed by atoms with Crippen LogP contribution in [0, 0.1) is 11.7 Å². The fourth-order valence-corrected chi connectivity index (χ4v) is 2.35. The van der Waals surface area contributed by atoms with E-state index in [1.54, 1.807) is 31.6 Å². The van der Waals surface area contributed by atoms with Gasteiger partial charge < -0.3 is 11.1 Å². The van der Waals surface area contributed by atoms with E-state index >= 15 is 0 Å². The number of hydrogen-bond acceptors (Lipinski definition) is 5. The van der Waals surface area contributed by atoms with Crippen molar-refractivity contribution in [2.75, 3.05) is 11.1 Å². The number of anilines is 2. The first kappa shape index (κ1) is 15.9. The molecule has 0 unspecified atom stereocenters. The number of nitrogen functional groups attached to an aromatic ring is 1. The van der Waals surface area contributed by atoms with Gasteiger partial charge in [-0.05, 0) is 12.1 Å². The zero-order valence-corrected chi connectivity index (χ0v) is 13.5. The molecule has 0 aliphatic rings. The van der Waals surface area contributed by atoms with E-state index in [4.69, 9.17) is 5.73 Å². The highest BCUT2D eigenvalue weighted by molar-refractivity contribution is 5.98. The van der Waals surface area contributed by atoms with Gasteiger partial charge >= 0.3 is 0 Å². The van der Waals surface area contributed by atoms with Crippen LogP contribution in [-0.4, -0.2) is 25.7 Å².